The smallest absolute Gasteiger partial charge is 0.0662 e. The molecule has 0 heterocycles. The second-order valence-electron chi connectivity index (χ2n) is 6.72. The van der Waals surface area contributed by atoms with Crippen LogP contribution in [0.1, 0.15) is 40.0 Å². The molecule has 2 rings (SSSR count). The fourth-order valence-corrected chi connectivity index (χ4v) is 2.80. The van der Waals surface area contributed by atoms with Crippen LogP contribution in [0.4, 0.5) is 0 Å². The molecule has 2 aliphatic rings. The second kappa shape index (κ2) is 6.08. The zero-order valence-electron chi connectivity index (χ0n) is 12.7. The molecule has 0 aromatic rings. The number of nitrogens with one attached hydrogen (secondary N) is 1. The van der Waals surface area contributed by atoms with E-state index < -0.39 is 0 Å². The van der Waals surface area contributed by atoms with Crippen molar-refractivity contribution in [2.24, 2.45) is 17.1 Å². The molecule has 2 atom stereocenters. The molecule has 0 saturated heterocycles. The molecule has 0 aromatic carbocycles. The maximum atomic E-state index is 6.49. The van der Waals surface area contributed by atoms with E-state index in [4.69, 9.17) is 15.2 Å². The first kappa shape index (κ1) is 15.2. The lowest BCUT2D eigenvalue weighted by Crippen LogP contribution is -2.73. The molecular weight excluding hydrogens is 240 g/mol. The summed E-state index contributed by atoms with van der Waals surface area (Å²) in [4.78, 5) is 0. The summed E-state index contributed by atoms with van der Waals surface area (Å²) in [7, 11) is 0. The number of nitrogens with two attached hydrogens (primary N) is 1. The van der Waals surface area contributed by atoms with Crippen LogP contribution in [-0.2, 0) is 9.47 Å². The first-order chi connectivity index (χ1) is 8.99. The quantitative estimate of drug-likeness (QED) is 0.624. The number of hydrogen-bond donors (Lipinski definition) is 2. The molecule has 4 heteroatoms. The van der Waals surface area contributed by atoms with Gasteiger partial charge in [0, 0.05) is 37.3 Å². The predicted molar refractivity (Wildman–Crippen MR) is 77.1 cm³/mol. The molecule has 0 aliphatic heterocycles. The van der Waals surface area contributed by atoms with Crippen LogP contribution in [0.25, 0.3) is 0 Å². The number of hydrogen-bond acceptors (Lipinski definition) is 4. The summed E-state index contributed by atoms with van der Waals surface area (Å²) in [5, 5.41) is 3.43. The number of rotatable bonds is 9. The van der Waals surface area contributed by atoms with Gasteiger partial charge in [-0.25, -0.2) is 0 Å². The third kappa shape index (κ3) is 3.48. The lowest BCUT2D eigenvalue weighted by molar-refractivity contribution is -0.148. The van der Waals surface area contributed by atoms with Gasteiger partial charge >= 0.3 is 0 Å². The van der Waals surface area contributed by atoms with Gasteiger partial charge in [0.25, 0.3) is 0 Å². The van der Waals surface area contributed by atoms with Gasteiger partial charge in [0.2, 0.25) is 0 Å². The normalized spacial score (nSPS) is 33.2. The van der Waals surface area contributed by atoms with E-state index in [1.165, 1.54) is 12.8 Å². The molecule has 0 spiro atoms. The monoisotopic (exact) mass is 270 g/mol. The Kier molecular flexibility index (Phi) is 4.88. The fraction of sp³-hybridized carbons (Fsp3) is 1.00. The predicted octanol–water partition coefficient (Wildman–Crippen LogP) is 1.54. The third-order valence-electron chi connectivity index (χ3n) is 4.92. The van der Waals surface area contributed by atoms with Gasteiger partial charge in [0.05, 0.1) is 12.7 Å². The molecular formula is C15H30N2O2. The maximum Gasteiger partial charge on any atom is 0.0662 e. The van der Waals surface area contributed by atoms with Crippen molar-refractivity contribution in [2.45, 2.75) is 51.7 Å². The minimum atomic E-state index is -0.149. The fourth-order valence-electron chi connectivity index (χ4n) is 2.80. The molecule has 19 heavy (non-hydrogen) atoms. The van der Waals surface area contributed by atoms with Crippen LogP contribution in [-0.4, -0.2) is 44.6 Å². The van der Waals surface area contributed by atoms with E-state index in [2.05, 4.69) is 19.2 Å². The standard InChI is InChI=1S/C15H30N2O2/c1-4-19-13-9-15(16,14(13,2)3)11-17-7-8-18-10-12-5-6-12/h12-13,17H,4-11,16H2,1-3H3. The zero-order valence-corrected chi connectivity index (χ0v) is 12.7. The minimum absolute atomic E-state index is 0.0465. The lowest BCUT2D eigenvalue weighted by Gasteiger charge is -2.59. The molecule has 0 radical (unpaired) electrons. The topological polar surface area (TPSA) is 56.5 Å². The summed E-state index contributed by atoms with van der Waals surface area (Å²) in [5.74, 6) is 0.846. The van der Waals surface area contributed by atoms with Gasteiger partial charge in [-0.3, -0.25) is 0 Å². The van der Waals surface area contributed by atoms with Crippen LogP contribution in [0.15, 0.2) is 0 Å². The summed E-state index contributed by atoms with van der Waals surface area (Å²) < 4.78 is 11.3. The van der Waals surface area contributed by atoms with Crippen molar-refractivity contribution in [3.8, 4) is 0 Å². The van der Waals surface area contributed by atoms with E-state index in [9.17, 15) is 0 Å². The van der Waals surface area contributed by atoms with E-state index in [1.54, 1.807) is 0 Å². The summed E-state index contributed by atoms with van der Waals surface area (Å²) in [6.45, 7) is 10.7. The highest BCUT2D eigenvalue weighted by Crippen LogP contribution is 2.49. The van der Waals surface area contributed by atoms with Crippen molar-refractivity contribution in [1.82, 2.24) is 5.32 Å². The van der Waals surface area contributed by atoms with E-state index >= 15 is 0 Å². The van der Waals surface area contributed by atoms with E-state index in [0.717, 1.165) is 45.2 Å². The first-order valence-electron chi connectivity index (χ1n) is 7.68. The van der Waals surface area contributed by atoms with Crippen molar-refractivity contribution in [3.63, 3.8) is 0 Å². The van der Waals surface area contributed by atoms with Gasteiger partial charge in [0.1, 0.15) is 0 Å². The summed E-state index contributed by atoms with van der Waals surface area (Å²) in [6, 6.07) is 0. The van der Waals surface area contributed by atoms with Gasteiger partial charge in [-0.1, -0.05) is 13.8 Å². The Bertz CT molecular complexity index is 292. The van der Waals surface area contributed by atoms with Crippen molar-refractivity contribution >= 4 is 0 Å². The largest absolute Gasteiger partial charge is 0.380 e. The van der Waals surface area contributed by atoms with E-state index in [-0.39, 0.29) is 11.0 Å². The molecule has 0 bridgehead atoms. The van der Waals surface area contributed by atoms with E-state index in [1.807, 2.05) is 6.92 Å². The van der Waals surface area contributed by atoms with Crippen LogP contribution in [0, 0.1) is 11.3 Å². The van der Waals surface area contributed by atoms with Gasteiger partial charge in [0.15, 0.2) is 0 Å². The highest BCUT2D eigenvalue weighted by molar-refractivity contribution is 5.14. The van der Waals surface area contributed by atoms with Gasteiger partial charge in [-0.2, -0.15) is 0 Å². The molecule has 3 N–H and O–H groups in total. The molecule has 0 aromatic heterocycles. The van der Waals surface area contributed by atoms with Gasteiger partial charge < -0.3 is 20.5 Å². The summed E-state index contributed by atoms with van der Waals surface area (Å²) in [6.07, 6.45) is 3.96. The SMILES string of the molecule is CCOC1CC(N)(CNCCOCC2CC2)C1(C)C. The maximum absolute atomic E-state index is 6.49. The summed E-state index contributed by atoms with van der Waals surface area (Å²) in [5.41, 5.74) is 6.39. The Labute approximate surface area is 117 Å². The molecule has 2 aliphatic carbocycles. The molecule has 2 unspecified atom stereocenters. The zero-order chi connectivity index (χ0) is 13.9. The second-order valence-corrected chi connectivity index (χ2v) is 6.72. The first-order valence-corrected chi connectivity index (χ1v) is 7.68. The Morgan fingerprint density at radius 1 is 1.32 bits per heavy atom. The van der Waals surface area contributed by atoms with Crippen molar-refractivity contribution in [2.75, 3.05) is 32.9 Å². The number of ether oxygens (including phenoxy) is 2. The van der Waals surface area contributed by atoms with Crippen molar-refractivity contribution in [1.29, 1.82) is 0 Å². The Balaban J connectivity index is 1.59. The average Bonchev–Trinajstić information content (AvgIpc) is 3.17. The third-order valence-corrected chi connectivity index (χ3v) is 4.92. The van der Waals surface area contributed by atoms with Crippen LogP contribution >= 0.6 is 0 Å². The molecule has 2 fully saturated rings. The van der Waals surface area contributed by atoms with Crippen LogP contribution in [0.3, 0.4) is 0 Å². The Morgan fingerprint density at radius 3 is 2.63 bits per heavy atom. The Morgan fingerprint density at radius 2 is 2.05 bits per heavy atom. The van der Waals surface area contributed by atoms with Gasteiger partial charge in [-0.05, 0) is 32.1 Å². The molecule has 112 valence electrons. The minimum Gasteiger partial charge on any atom is -0.380 e. The average molecular weight is 270 g/mol. The van der Waals surface area contributed by atoms with Crippen LogP contribution in [0.5, 0.6) is 0 Å². The Hall–Kier alpha value is -0.160. The van der Waals surface area contributed by atoms with Crippen LogP contribution in [0.2, 0.25) is 0 Å². The molecule has 2 saturated carbocycles. The lowest BCUT2D eigenvalue weighted by atomic mass is 9.54. The van der Waals surface area contributed by atoms with Gasteiger partial charge in [-0.15, -0.1) is 0 Å². The summed E-state index contributed by atoms with van der Waals surface area (Å²) >= 11 is 0. The molecule has 4 nitrogen and oxygen atoms in total. The van der Waals surface area contributed by atoms with Crippen LogP contribution < -0.4 is 11.1 Å². The highest BCUT2D eigenvalue weighted by Gasteiger charge is 2.57. The van der Waals surface area contributed by atoms with E-state index in [0.29, 0.717) is 6.10 Å². The molecule has 0 amide bonds. The highest BCUT2D eigenvalue weighted by atomic mass is 16.5. The van der Waals surface area contributed by atoms with Crippen molar-refractivity contribution < 1.29 is 9.47 Å². The van der Waals surface area contributed by atoms with Crippen molar-refractivity contribution in [3.05, 3.63) is 0 Å².